The number of nitrogens with one attached hydrogen (secondary N) is 1. The van der Waals surface area contributed by atoms with Crippen LogP contribution in [0.15, 0.2) is 0 Å². The first-order valence-electron chi connectivity index (χ1n) is 7.39. The lowest BCUT2D eigenvalue weighted by molar-refractivity contribution is -0.125. The van der Waals surface area contributed by atoms with Gasteiger partial charge in [0.2, 0.25) is 11.8 Å². The summed E-state index contributed by atoms with van der Waals surface area (Å²) >= 11 is 0. The quantitative estimate of drug-likeness (QED) is 0.685. The molecule has 1 rings (SSSR count). The van der Waals surface area contributed by atoms with E-state index in [1.165, 1.54) is 0 Å². The van der Waals surface area contributed by atoms with Gasteiger partial charge < -0.3 is 16.8 Å². The first-order chi connectivity index (χ1) is 9.02. The predicted molar refractivity (Wildman–Crippen MR) is 79.7 cm³/mol. The maximum atomic E-state index is 11.8. The van der Waals surface area contributed by atoms with Crippen molar-refractivity contribution in [3.05, 3.63) is 0 Å². The van der Waals surface area contributed by atoms with Crippen LogP contribution in [0, 0.1) is 11.8 Å². The van der Waals surface area contributed by atoms with E-state index in [-0.39, 0.29) is 34.7 Å². The van der Waals surface area contributed by atoms with Crippen molar-refractivity contribution in [2.24, 2.45) is 23.3 Å². The normalized spacial score (nSPS) is 23.2. The summed E-state index contributed by atoms with van der Waals surface area (Å²) in [7, 11) is 0. The standard InChI is InChI=1S/C15H29N3O2/c1-14(2)8-10(9-15(3,4)18-14)11(13(17)20)6-5-7-12(16)19/h10-11,18H,5-9H2,1-4H3,(H2,16,19)(H2,17,20). The minimum absolute atomic E-state index is 0.0101. The van der Waals surface area contributed by atoms with E-state index in [2.05, 4.69) is 33.0 Å². The molecule has 0 aromatic rings. The maximum Gasteiger partial charge on any atom is 0.220 e. The molecule has 0 aliphatic carbocycles. The number of nitrogens with two attached hydrogens (primary N) is 2. The van der Waals surface area contributed by atoms with Crippen LogP contribution in [0.5, 0.6) is 0 Å². The van der Waals surface area contributed by atoms with Crippen molar-refractivity contribution in [2.45, 2.75) is 70.9 Å². The molecule has 0 aromatic carbocycles. The number of hydrogen-bond acceptors (Lipinski definition) is 3. The monoisotopic (exact) mass is 283 g/mol. The second-order valence-electron chi connectivity index (χ2n) is 7.43. The van der Waals surface area contributed by atoms with Gasteiger partial charge in [-0.25, -0.2) is 0 Å². The summed E-state index contributed by atoms with van der Waals surface area (Å²) in [5.41, 5.74) is 10.7. The van der Waals surface area contributed by atoms with Crippen molar-refractivity contribution in [2.75, 3.05) is 0 Å². The average Bonchev–Trinajstić information content (AvgIpc) is 2.18. The van der Waals surface area contributed by atoms with Crippen LogP contribution in [-0.2, 0) is 9.59 Å². The molecule has 1 aliphatic heterocycles. The third-order valence-electron chi connectivity index (χ3n) is 4.09. The van der Waals surface area contributed by atoms with Crippen LogP contribution in [-0.4, -0.2) is 22.9 Å². The molecule has 0 saturated carbocycles. The van der Waals surface area contributed by atoms with Gasteiger partial charge in [0.1, 0.15) is 0 Å². The summed E-state index contributed by atoms with van der Waals surface area (Å²) in [5.74, 6) is -0.492. The highest BCUT2D eigenvalue weighted by atomic mass is 16.1. The van der Waals surface area contributed by atoms with Gasteiger partial charge in [-0.1, -0.05) is 0 Å². The summed E-state index contributed by atoms with van der Waals surface area (Å²) in [6.45, 7) is 8.62. The molecule has 1 fully saturated rings. The molecule has 0 spiro atoms. The molecule has 0 radical (unpaired) electrons. The highest BCUT2D eigenvalue weighted by molar-refractivity contribution is 5.77. The molecule has 1 atom stereocenters. The van der Waals surface area contributed by atoms with Gasteiger partial charge in [0.15, 0.2) is 0 Å². The van der Waals surface area contributed by atoms with Gasteiger partial charge in [-0.2, -0.15) is 0 Å². The first-order valence-corrected chi connectivity index (χ1v) is 7.39. The summed E-state index contributed by atoms with van der Waals surface area (Å²) in [4.78, 5) is 22.6. The molecule has 20 heavy (non-hydrogen) atoms. The summed E-state index contributed by atoms with van der Waals surface area (Å²) < 4.78 is 0. The zero-order valence-electron chi connectivity index (χ0n) is 13.2. The lowest BCUT2D eigenvalue weighted by Gasteiger charge is -2.48. The van der Waals surface area contributed by atoms with Gasteiger partial charge in [0, 0.05) is 23.4 Å². The fraction of sp³-hybridized carbons (Fsp3) is 0.867. The van der Waals surface area contributed by atoms with E-state index >= 15 is 0 Å². The molecule has 2 amide bonds. The number of primary amides is 2. The molecule has 5 N–H and O–H groups in total. The number of piperidine rings is 1. The van der Waals surface area contributed by atoms with E-state index in [4.69, 9.17) is 11.5 Å². The topological polar surface area (TPSA) is 98.2 Å². The third-order valence-corrected chi connectivity index (χ3v) is 4.09. The molecule has 0 bridgehead atoms. The van der Waals surface area contributed by atoms with Crippen LogP contribution >= 0.6 is 0 Å². The van der Waals surface area contributed by atoms with Crippen LogP contribution in [0.1, 0.15) is 59.8 Å². The van der Waals surface area contributed by atoms with Gasteiger partial charge in [-0.15, -0.1) is 0 Å². The zero-order valence-corrected chi connectivity index (χ0v) is 13.2. The molecular formula is C15H29N3O2. The van der Waals surface area contributed by atoms with Crippen LogP contribution in [0.25, 0.3) is 0 Å². The van der Waals surface area contributed by atoms with Crippen LogP contribution in [0.2, 0.25) is 0 Å². The van der Waals surface area contributed by atoms with Crippen molar-refractivity contribution in [3.63, 3.8) is 0 Å². The van der Waals surface area contributed by atoms with E-state index in [9.17, 15) is 9.59 Å². The first kappa shape index (κ1) is 17.0. The molecule has 116 valence electrons. The summed E-state index contributed by atoms with van der Waals surface area (Å²) in [5, 5.41) is 3.60. The van der Waals surface area contributed by atoms with Gasteiger partial charge in [-0.3, -0.25) is 9.59 Å². The number of amides is 2. The zero-order chi connectivity index (χ0) is 15.6. The predicted octanol–water partition coefficient (Wildman–Crippen LogP) is 1.30. The Bertz CT molecular complexity index is 361. The molecule has 1 unspecified atom stereocenters. The molecule has 5 heteroatoms. The van der Waals surface area contributed by atoms with Gasteiger partial charge in [0.05, 0.1) is 0 Å². The van der Waals surface area contributed by atoms with E-state index in [0.717, 1.165) is 12.8 Å². The second kappa shape index (κ2) is 6.12. The SMILES string of the molecule is CC1(C)CC(C(CCCC(N)=O)C(N)=O)CC(C)(C)N1. The largest absolute Gasteiger partial charge is 0.370 e. The highest BCUT2D eigenvalue weighted by Crippen LogP contribution is 2.38. The van der Waals surface area contributed by atoms with Crippen LogP contribution in [0.3, 0.4) is 0 Å². The minimum Gasteiger partial charge on any atom is -0.370 e. The number of carbonyl (C=O) groups is 2. The fourth-order valence-electron chi connectivity index (χ4n) is 3.79. The minimum atomic E-state index is -0.320. The molecule has 1 aliphatic rings. The second-order valence-corrected chi connectivity index (χ2v) is 7.43. The van der Waals surface area contributed by atoms with Gasteiger partial charge >= 0.3 is 0 Å². The number of carbonyl (C=O) groups excluding carboxylic acids is 2. The number of hydrogen-bond donors (Lipinski definition) is 3. The Morgan fingerprint density at radius 1 is 1.15 bits per heavy atom. The van der Waals surface area contributed by atoms with E-state index in [0.29, 0.717) is 19.3 Å². The Hall–Kier alpha value is -1.10. The Balaban J connectivity index is 2.75. The Morgan fingerprint density at radius 2 is 1.65 bits per heavy atom. The van der Waals surface area contributed by atoms with Gasteiger partial charge in [0.25, 0.3) is 0 Å². The highest BCUT2D eigenvalue weighted by Gasteiger charge is 2.41. The average molecular weight is 283 g/mol. The van der Waals surface area contributed by atoms with Crippen LogP contribution in [0.4, 0.5) is 0 Å². The van der Waals surface area contributed by atoms with Crippen molar-refractivity contribution < 1.29 is 9.59 Å². The maximum absolute atomic E-state index is 11.8. The molecule has 0 aromatic heterocycles. The summed E-state index contributed by atoms with van der Waals surface area (Å²) in [6, 6.07) is 0. The molecule has 1 heterocycles. The van der Waals surface area contributed by atoms with E-state index in [1.807, 2.05) is 0 Å². The Labute approximate surface area is 121 Å². The van der Waals surface area contributed by atoms with Crippen molar-refractivity contribution in [3.8, 4) is 0 Å². The van der Waals surface area contributed by atoms with Gasteiger partial charge in [-0.05, 0) is 59.3 Å². The van der Waals surface area contributed by atoms with Crippen molar-refractivity contribution in [1.82, 2.24) is 5.32 Å². The Kier molecular flexibility index (Phi) is 5.19. The molecule has 1 saturated heterocycles. The molecular weight excluding hydrogens is 254 g/mol. The third kappa shape index (κ3) is 5.12. The van der Waals surface area contributed by atoms with E-state index < -0.39 is 0 Å². The van der Waals surface area contributed by atoms with Crippen molar-refractivity contribution >= 4 is 11.8 Å². The lowest BCUT2D eigenvalue weighted by Crippen LogP contribution is -2.59. The van der Waals surface area contributed by atoms with Crippen LogP contribution < -0.4 is 16.8 Å². The fourth-order valence-corrected chi connectivity index (χ4v) is 3.79. The number of rotatable bonds is 6. The smallest absolute Gasteiger partial charge is 0.220 e. The van der Waals surface area contributed by atoms with E-state index in [1.54, 1.807) is 0 Å². The Morgan fingerprint density at radius 3 is 2.05 bits per heavy atom. The molecule has 5 nitrogen and oxygen atoms in total. The lowest BCUT2D eigenvalue weighted by atomic mass is 9.69. The van der Waals surface area contributed by atoms with Crippen molar-refractivity contribution in [1.29, 1.82) is 0 Å². The summed E-state index contributed by atoms with van der Waals surface area (Å²) in [6.07, 6.45) is 3.44.